The maximum absolute atomic E-state index is 14.5. The summed E-state index contributed by atoms with van der Waals surface area (Å²) >= 11 is 0. The second-order valence-electron chi connectivity index (χ2n) is 10.8. The minimum atomic E-state index is -2.64. The zero-order valence-electron chi connectivity index (χ0n) is 21.8. The molecule has 2 aliphatic rings. The molecule has 0 atom stereocenters. The number of likely N-dealkylation sites (tertiary alicyclic amines) is 1. The van der Waals surface area contributed by atoms with E-state index in [1.54, 1.807) is 29.3 Å². The van der Waals surface area contributed by atoms with E-state index in [9.17, 15) is 27.9 Å². The first-order valence-corrected chi connectivity index (χ1v) is 13.1. The minimum absolute atomic E-state index is 0.120. The van der Waals surface area contributed by atoms with Crippen LogP contribution < -0.4 is 4.90 Å². The van der Waals surface area contributed by atoms with Crippen LogP contribution in [0.25, 0.3) is 33.2 Å². The second kappa shape index (κ2) is 9.79. The molecule has 3 aromatic carbocycles. The molecule has 4 aromatic rings. The molecular weight excluding hydrogens is 520 g/mol. The van der Waals surface area contributed by atoms with Gasteiger partial charge in [-0.25, -0.2) is 17.6 Å². The summed E-state index contributed by atoms with van der Waals surface area (Å²) in [6.45, 7) is 3.78. The molecule has 204 valence electrons. The van der Waals surface area contributed by atoms with E-state index in [1.165, 1.54) is 18.2 Å². The number of hydrogen-bond acceptors (Lipinski definition) is 5. The summed E-state index contributed by atoms with van der Waals surface area (Å²) < 4.78 is 56.2. The third-order valence-electron chi connectivity index (χ3n) is 7.74. The van der Waals surface area contributed by atoms with Gasteiger partial charge in [0, 0.05) is 61.2 Å². The summed E-state index contributed by atoms with van der Waals surface area (Å²) in [6, 6.07) is 14.0. The lowest BCUT2D eigenvalue weighted by Gasteiger charge is -2.44. The van der Waals surface area contributed by atoms with Gasteiger partial charge in [-0.1, -0.05) is 12.1 Å². The molecule has 0 amide bonds. The molecule has 1 N–H and O–H groups in total. The number of phenolic OH excluding ortho intramolecular Hbond substituents is 1. The molecule has 2 saturated heterocycles. The summed E-state index contributed by atoms with van der Waals surface area (Å²) in [7, 11) is 0. The van der Waals surface area contributed by atoms with Crippen molar-refractivity contribution in [2.45, 2.75) is 19.3 Å². The molecule has 0 bridgehead atoms. The molecule has 2 aliphatic heterocycles. The van der Waals surface area contributed by atoms with Gasteiger partial charge in [0.1, 0.15) is 23.5 Å². The average Bonchev–Trinajstić information content (AvgIpc) is 3.23. The fraction of sp³-hybridized carbons (Fsp3) is 0.290. The molecule has 0 saturated carbocycles. The molecule has 0 unspecified atom stereocenters. The van der Waals surface area contributed by atoms with Crippen LogP contribution >= 0.6 is 0 Å². The van der Waals surface area contributed by atoms with E-state index < -0.39 is 11.7 Å². The van der Waals surface area contributed by atoms with Gasteiger partial charge in [0.05, 0.1) is 23.3 Å². The van der Waals surface area contributed by atoms with Crippen LogP contribution in [0.5, 0.6) is 5.75 Å². The van der Waals surface area contributed by atoms with Crippen molar-refractivity contribution in [1.29, 1.82) is 5.26 Å². The van der Waals surface area contributed by atoms with Crippen LogP contribution in [0.15, 0.2) is 54.7 Å². The number of nitriles is 1. The van der Waals surface area contributed by atoms with Crippen LogP contribution in [0.3, 0.4) is 0 Å². The number of aryl methyl sites for hydroxylation is 1. The highest BCUT2D eigenvalue weighted by Crippen LogP contribution is 2.43. The molecule has 0 spiro atoms. The van der Waals surface area contributed by atoms with Crippen molar-refractivity contribution in [3.63, 3.8) is 0 Å². The number of nitrogens with zero attached hydrogens (tertiary/aromatic N) is 4. The summed E-state index contributed by atoms with van der Waals surface area (Å²) in [5, 5.41) is 20.7. The summed E-state index contributed by atoms with van der Waals surface area (Å²) in [5.74, 6) is -3.80. The Balaban J connectivity index is 1.44. The molecule has 2 fully saturated rings. The van der Waals surface area contributed by atoms with E-state index >= 15 is 0 Å². The number of hydrogen-bond donors (Lipinski definition) is 1. The van der Waals surface area contributed by atoms with Gasteiger partial charge in [-0.3, -0.25) is 9.88 Å². The smallest absolute Gasteiger partial charge is 0.261 e. The Hall–Kier alpha value is -4.16. The van der Waals surface area contributed by atoms with Crippen molar-refractivity contribution in [3.8, 4) is 34.1 Å². The third kappa shape index (κ3) is 4.84. The van der Waals surface area contributed by atoms with Gasteiger partial charge in [0.25, 0.3) is 5.92 Å². The lowest BCUT2D eigenvalue weighted by Crippen LogP contribution is -2.51. The number of phenols is 1. The Morgan fingerprint density at radius 1 is 1.02 bits per heavy atom. The molecule has 0 aliphatic carbocycles. The third-order valence-corrected chi connectivity index (χ3v) is 7.74. The standard InChI is InChI=1S/C31H26F4N4O/c1-18-6-21(8-23(32)7-18)27-13-37-28-3-2-20(25-11-24(33)9-22(12-36)30(25)40)10-26(28)29(27)39-15-19(16-39)14-38-5-4-31(34,35)17-38/h2-3,6-11,13,19,40H,4-5,14-17H2,1H3. The normalized spacial score (nSPS) is 17.2. The number of fused-ring (bicyclic) bond motifs is 1. The highest BCUT2D eigenvalue weighted by Gasteiger charge is 2.40. The molecule has 5 nitrogen and oxygen atoms in total. The largest absolute Gasteiger partial charge is 0.506 e. The predicted molar refractivity (Wildman–Crippen MR) is 145 cm³/mol. The number of alkyl halides is 2. The fourth-order valence-corrected chi connectivity index (χ4v) is 5.89. The Labute approximate surface area is 228 Å². The van der Waals surface area contributed by atoms with Gasteiger partial charge in [-0.05, 0) is 60.0 Å². The zero-order valence-corrected chi connectivity index (χ0v) is 21.8. The van der Waals surface area contributed by atoms with E-state index in [-0.39, 0.29) is 41.6 Å². The number of aromatic nitrogens is 1. The molecule has 1 aromatic heterocycles. The number of rotatable bonds is 5. The first-order valence-electron chi connectivity index (χ1n) is 13.1. The predicted octanol–water partition coefficient (Wildman–Crippen LogP) is 6.51. The Morgan fingerprint density at radius 3 is 2.50 bits per heavy atom. The van der Waals surface area contributed by atoms with Crippen LogP contribution in [0.1, 0.15) is 17.5 Å². The highest BCUT2D eigenvalue weighted by molar-refractivity contribution is 6.02. The van der Waals surface area contributed by atoms with Gasteiger partial charge < -0.3 is 10.0 Å². The average molecular weight is 547 g/mol. The van der Waals surface area contributed by atoms with Crippen LogP contribution in [0.2, 0.25) is 0 Å². The Morgan fingerprint density at radius 2 is 1.80 bits per heavy atom. The lowest BCUT2D eigenvalue weighted by molar-refractivity contribution is 0.0104. The molecule has 40 heavy (non-hydrogen) atoms. The zero-order chi connectivity index (χ0) is 28.2. The van der Waals surface area contributed by atoms with Crippen molar-refractivity contribution in [2.75, 3.05) is 37.6 Å². The topological polar surface area (TPSA) is 63.4 Å². The van der Waals surface area contributed by atoms with Gasteiger partial charge in [0.2, 0.25) is 0 Å². The maximum atomic E-state index is 14.5. The van der Waals surface area contributed by atoms with Crippen LogP contribution in [-0.4, -0.2) is 53.6 Å². The maximum Gasteiger partial charge on any atom is 0.261 e. The number of aromatic hydroxyl groups is 1. The first kappa shape index (κ1) is 26.1. The van der Waals surface area contributed by atoms with Crippen LogP contribution in [0.4, 0.5) is 23.2 Å². The molecule has 0 radical (unpaired) electrons. The molecule has 3 heterocycles. The van der Waals surface area contributed by atoms with Crippen molar-refractivity contribution in [2.24, 2.45) is 5.92 Å². The second-order valence-corrected chi connectivity index (χ2v) is 10.8. The number of benzene rings is 3. The molecular formula is C31H26F4N4O. The van der Waals surface area contributed by atoms with Crippen molar-refractivity contribution in [3.05, 3.63) is 77.5 Å². The monoisotopic (exact) mass is 546 g/mol. The van der Waals surface area contributed by atoms with Gasteiger partial charge >= 0.3 is 0 Å². The van der Waals surface area contributed by atoms with Gasteiger partial charge in [-0.15, -0.1) is 0 Å². The van der Waals surface area contributed by atoms with E-state index in [1.807, 2.05) is 19.1 Å². The summed E-state index contributed by atoms with van der Waals surface area (Å²) in [6.07, 6.45) is 1.58. The first-order chi connectivity index (χ1) is 19.1. The Bertz CT molecular complexity index is 1660. The van der Waals surface area contributed by atoms with Crippen LogP contribution in [-0.2, 0) is 0 Å². The fourth-order valence-electron chi connectivity index (χ4n) is 5.89. The minimum Gasteiger partial charge on any atom is -0.506 e. The van der Waals surface area contributed by atoms with Crippen LogP contribution in [0, 0.1) is 35.8 Å². The summed E-state index contributed by atoms with van der Waals surface area (Å²) in [5.41, 5.74) is 4.05. The van der Waals surface area contributed by atoms with Crippen molar-refractivity contribution >= 4 is 16.6 Å². The SMILES string of the molecule is Cc1cc(F)cc(-c2cnc3ccc(-c4cc(F)cc(C#N)c4O)cc3c2N2CC(CN3CCC(F)(F)C3)C2)c1. The molecule has 9 heteroatoms. The van der Waals surface area contributed by atoms with Crippen molar-refractivity contribution < 1.29 is 22.7 Å². The quantitative estimate of drug-likeness (QED) is 0.289. The number of anilines is 1. The highest BCUT2D eigenvalue weighted by atomic mass is 19.3. The van der Waals surface area contributed by atoms with Gasteiger partial charge in [0.15, 0.2) is 0 Å². The van der Waals surface area contributed by atoms with E-state index in [0.717, 1.165) is 17.3 Å². The van der Waals surface area contributed by atoms with E-state index in [2.05, 4.69) is 9.88 Å². The Kier molecular flexibility index (Phi) is 6.38. The number of pyridine rings is 1. The number of halogens is 4. The van der Waals surface area contributed by atoms with Gasteiger partial charge in [-0.2, -0.15) is 5.26 Å². The molecule has 6 rings (SSSR count). The summed E-state index contributed by atoms with van der Waals surface area (Å²) in [4.78, 5) is 8.56. The van der Waals surface area contributed by atoms with E-state index in [4.69, 9.17) is 0 Å². The lowest BCUT2D eigenvalue weighted by atomic mass is 9.92. The van der Waals surface area contributed by atoms with Crippen molar-refractivity contribution in [1.82, 2.24) is 9.88 Å². The van der Waals surface area contributed by atoms with E-state index in [0.29, 0.717) is 53.8 Å².